The van der Waals surface area contributed by atoms with Crippen LogP contribution in [0, 0.1) is 0 Å². The van der Waals surface area contributed by atoms with Crippen molar-refractivity contribution < 1.29 is 19.8 Å². The first kappa shape index (κ1) is 19.5. The van der Waals surface area contributed by atoms with Gasteiger partial charge in [0.15, 0.2) is 5.17 Å². The zero-order chi connectivity index (χ0) is 19.7. The van der Waals surface area contributed by atoms with Crippen LogP contribution in [0.15, 0.2) is 50.8 Å². The number of amides is 1. The minimum atomic E-state index is -1.16. The van der Waals surface area contributed by atoms with Crippen molar-refractivity contribution in [3.8, 4) is 5.75 Å². The molecule has 1 N–H and O–H groups in total. The predicted octanol–water partition coefficient (Wildman–Crippen LogP) is 4.11. The molecule has 1 amide bonds. The van der Waals surface area contributed by atoms with Gasteiger partial charge >= 0.3 is 5.97 Å². The number of carbonyl (C=O) groups excluding carboxylic acids is 1. The van der Waals surface area contributed by atoms with Crippen molar-refractivity contribution in [2.24, 2.45) is 4.99 Å². The summed E-state index contributed by atoms with van der Waals surface area (Å²) in [5.41, 5.74) is 0.665. The number of benzene rings is 2. The molecular formula is C18H11BrClN2O4S-. The molecular weight excluding hydrogens is 456 g/mol. The molecule has 1 fully saturated rings. The van der Waals surface area contributed by atoms with Crippen molar-refractivity contribution in [3.05, 3.63) is 61.9 Å². The van der Waals surface area contributed by atoms with Crippen molar-refractivity contribution in [3.63, 3.8) is 0 Å². The molecule has 0 unspecified atom stereocenters. The third-order valence-electron chi connectivity index (χ3n) is 3.67. The fraction of sp³-hybridized carbons (Fsp3) is 0.0556. The molecule has 0 saturated carbocycles. The van der Waals surface area contributed by atoms with E-state index in [1.165, 1.54) is 29.2 Å². The molecule has 1 heterocycles. The van der Waals surface area contributed by atoms with Gasteiger partial charge in [0, 0.05) is 11.5 Å². The maximum atomic E-state index is 12.5. The molecule has 1 aliphatic rings. The Labute approximate surface area is 172 Å². The van der Waals surface area contributed by atoms with E-state index in [-0.39, 0.29) is 22.2 Å². The second kappa shape index (κ2) is 7.75. The molecule has 0 radical (unpaired) electrons. The highest BCUT2D eigenvalue weighted by Crippen LogP contribution is 2.35. The van der Waals surface area contributed by atoms with Crippen LogP contribution in [0.2, 0.25) is 5.02 Å². The first-order chi connectivity index (χ1) is 12.8. The molecule has 0 atom stereocenters. The molecule has 1 aliphatic heterocycles. The van der Waals surface area contributed by atoms with Crippen molar-refractivity contribution in [1.82, 2.24) is 4.90 Å². The standard InChI is InChI=1S/C18H12BrClN2O4S/c1-22-16(24)15(7-9-6-10(19)2-5-14(9)23)27-18(22)21-11-3-4-13(20)12(8-11)17(25)26/h2-8,23H,1H3,(H,25,26)/p-1/b15-7-,21-18?. The molecule has 2 aromatic rings. The Morgan fingerprint density at radius 2 is 2.07 bits per heavy atom. The van der Waals surface area contributed by atoms with Gasteiger partial charge in [-0.1, -0.05) is 33.6 Å². The van der Waals surface area contributed by atoms with Gasteiger partial charge in [0.1, 0.15) is 0 Å². The summed E-state index contributed by atoms with van der Waals surface area (Å²) in [4.78, 5) is 29.7. The molecule has 138 valence electrons. The van der Waals surface area contributed by atoms with Crippen molar-refractivity contribution in [1.29, 1.82) is 0 Å². The molecule has 3 rings (SSSR count). The quantitative estimate of drug-likeness (QED) is 0.687. The largest absolute Gasteiger partial charge is 0.872 e. The van der Waals surface area contributed by atoms with E-state index in [4.69, 9.17) is 16.7 Å². The van der Waals surface area contributed by atoms with Crippen molar-refractivity contribution in [2.75, 3.05) is 7.05 Å². The van der Waals surface area contributed by atoms with E-state index in [0.717, 1.165) is 16.2 Å². The number of likely N-dealkylation sites (N-methyl/N-ethyl adjacent to an activating group) is 1. The average Bonchev–Trinajstić information content (AvgIpc) is 2.87. The lowest BCUT2D eigenvalue weighted by molar-refractivity contribution is -0.268. The molecule has 1 saturated heterocycles. The van der Waals surface area contributed by atoms with Crippen LogP contribution < -0.4 is 5.11 Å². The maximum absolute atomic E-state index is 12.5. The van der Waals surface area contributed by atoms with Gasteiger partial charge in [-0.2, -0.15) is 0 Å². The molecule has 0 aromatic heterocycles. The number of rotatable bonds is 3. The third-order valence-corrected chi connectivity index (χ3v) is 5.55. The summed E-state index contributed by atoms with van der Waals surface area (Å²) in [6, 6.07) is 9.02. The number of hydrogen-bond acceptors (Lipinski definition) is 5. The van der Waals surface area contributed by atoms with Gasteiger partial charge < -0.3 is 10.2 Å². The van der Waals surface area contributed by atoms with E-state index in [1.807, 2.05) is 0 Å². The van der Waals surface area contributed by atoms with E-state index in [1.54, 1.807) is 25.2 Å². The Hall–Kier alpha value is -2.29. The number of amidine groups is 1. The van der Waals surface area contributed by atoms with E-state index in [9.17, 15) is 14.7 Å². The number of halogens is 2. The van der Waals surface area contributed by atoms with E-state index in [2.05, 4.69) is 20.9 Å². The SMILES string of the molecule is CN1C(=O)/C(=C/c2cc(Br)ccc2[O-])SC1=Nc1ccc(Cl)c(C(=O)O)c1. The molecule has 0 spiro atoms. The van der Waals surface area contributed by atoms with Gasteiger partial charge in [-0.3, -0.25) is 9.69 Å². The van der Waals surface area contributed by atoms with Gasteiger partial charge in [-0.25, -0.2) is 9.79 Å². The summed E-state index contributed by atoms with van der Waals surface area (Å²) in [7, 11) is 1.56. The molecule has 27 heavy (non-hydrogen) atoms. The lowest BCUT2D eigenvalue weighted by atomic mass is 10.2. The minimum absolute atomic E-state index is 0.0728. The summed E-state index contributed by atoms with van der Waals surface area (Å²) >= 11 is 10.3. The number of thioether (sulfide) groups is 1. The predicted molar refractivity (Wildman–Crippen MR) is 107 cm³/mol. The number of carboxylic acids is 1. The van der Waals surface area contributed by atoms with E-state index < -0.39 is 5.97 Å². The second-order valence-corrected chi connectivity index (χ2v) is 7.85. The number of aromatic carboxylic acids is 1. The molecule has 6 nitrogen and oxygen atoms in total. The zero-order valence-corrected chi connectivity index (χ0v) is 16.9. The number of carbonyl (C=O) groups is 2. The summed E-state index contributed by atoms with van der Waals surface area (Å²) in [6.07, 6.45) is 1.52. The average molecular weight is 467 g/mol. The lowest BCUT2D eigenvalue weighted by Crippen LogP contribution is -2.23. The highest BCUT2D eigenvalue weighted by Gasteiger charge is 2.30. The fourth-order valence-corrected chi connectivity index (χ4v) is 3.84. The van der Waals surface area contributed by atoms with E-state index >= 15 is 0 Å². The molecule has 9 heteroatoms. The minimum Gasteiger partial charge on any atom is -0.872 e. The van der Waals surface area contributed by atoms with Crippen LogP contribution in [-0.2, 0) is 4.79 Å². The van der Waals surface area contributed by atoms with E-state index in [0.29, 0.717) is 21.3 Å². The zero-order valence-electron chi connectivity index (χ0n) is 13.8. The Morgan fingerprint density at radius 1 is 1.33 bits per heavy atom. The van der Waals surface area contributed by atoms with Crippen molar-refractivity contribution in [2.45, 2.75) is 0 Å². The van der Waals surface area contributed by atoms with Crippen LogP contribution in [0.5, 0.6) is 5.75 Å². The van der Waals surface area contributed by atoms with Gasteiger partial charge in [-0.05, 0) is 53.7 Å². The van der Waals surface area contributed by atoms with Crippen LogP contribution in [-0.4, -0.2) is 34.1 Å². The monoisotopic (exact) mass is 465 g/mol. The Morgan fingerprint density at radius 3 is 2.78 bits per heavy atom. The second-order valence-electron chi connectivity index (χ2n) is 5.52. The summed E-state index contributed by atoms with van der Waals surface area (Å²) < 4.78 is 0.731. The van der Waals surface area contributed by atoms with Gasteiger partial charge in [0.05, 0.1) is 21.2 Å². The topological polar surface area (TPSA) is 93.0 Å². The number of aliphatic imine (C=N–C) groups is 1. The number of nitrogens with zero attached hydrogens (tertiary/aromatic N) is 2. The first-order valence-electron chi connectivity index (χ1n) is 7.52. The molecule has 0 bridgehead atoms. The molecule has 0 aliphatic carbocycles. The number of hydrogen-bond donors (Lipinski definition) is 1. The summed E-state index contributed by atoms with van der Waals surface area (Å²) in [6.45, 7) is 0. The highest BCUT2D eigenvalue weighted by molar-refractivity contribution is 9.10. The smallest absolute Gasteiger partial charge is 0.337 e. The molecule has 2 aromatic carbocycles. The van der Waals surface area contributed by atoms with Crippen LogP contribution in [0.3, 0.4) is 0 Å². The summed E-state index contributed by atoms with van der Waals surface area (Å²) in [5.74, 6) is -1.66. The fourth-order valence-electron chi connectivity index (χ4n) is 2.28. The van der Waals surface area contributed by atoms with Crippen LogP contribution in [0.25, 0.3) is 6.08 Å². The van der Waals surface area contributed by atoms with Crippen LogP contribution >= 0.6 is 39.3 Å². The van der Waals surface area contributed by atoms with Gasteiger partial charge in [0.2, 0.25) is 0 Å². The lowest BCUT2D eigenvalue weighted by Gasteiger charge is -2.10. The normalized spacial score (nSPS) is 17.1. The Balaban J connectivity index is 1.95. The highest BCUT2D eigenvalue weighted by atomic mass is 79.9. The van der Waals surface area contributed by atoms with Gasteiger partial charge in [0.25, 0.3) is 5.91 Å². The Bertz CT molecular complexity index is 1020. The van der Waals surface area contributed by atoms with Gasteiger partial charge in [-0.15, -0.1) is 5.75 Å². The van der Waals surface area contributed by atoms with Crippen LogP contribution in [0.1, 0.15) is 15.9 Å². The first-order valence-corrected chi connectivity index (χ1v) is 9.50. The van der Waals surface area contributed by atoms with Crippen LogP contribution in [0.4, 0.5) is 5.69 Å². The third kappa shape index (κ3) is 4.18. The Kier molecular flexibility index (Phi) is 5.59. The maximum Gasteiger partial charge on any atom is 0.337 e. The van der Waals surface area contributed by atoms with Crippen molar-refractivity contribution >= 4 is 68.1 Å². The summed E-state index contributed by atoms with van der Waals surface area (Å²) in [5, 5.41) is 21.6. The number of carboxylic acid groups (broad SMARTS) is 1.